The Morgan fingerprint density at radius 3 is 2.56 bits per heavy atom. The molecule has 0 fully saturated rings. The van der Waals surface area contributed by atoms with E-state index in [9.17, 15) is 0 Å². The number of hydrogen-bond donors (Lipinski definition) is 2. The number of thiazole rings is 1. The number of guanidine groups is 1. The normalized spacial score (nSPS) is 11.9. The summed E-state index contributed by atoms with van der Waals surface area (Å²) in [6.45, 7) is 9.27. The van der Waals surface area contributed by atoms with E-state index < -0.39 is 0 Å². The fraction of sp³-hybridized carbons (Fsp3) is 0.667. The van der Waals surface area contributed by atoms with Gasteiger partial charge in [0.15, 0.2) is 5.96 Å². The summed E-state index contributed by atoms with van der Waals surface area (Å²) < 4.78 is 0. The molecule has 1 aromatic rings. The number of nitrogens with zero attached hydrogens (tertiary/aromatic N) is 2. The number of halogens is 1. The Bertz CT molecular complexity index is 382. The first kappa shape index (κ1) is 17.6. The van der Waals surface area contributed by atoms with E-state index in [2.05, 4.69) is 48.3 Å². The lowest BCUT2D eigenvalue weighted by molar-refractivity contribution is 0.501. The molecular formula is C12H23IN4S. The van der Waals surface area contributed by atoms with Crippen molar-refractivity contribution < 1.29 is 0 Å². The van der Waals surface area contributed by atoms with Crippen LogP contribution in [0.5, 0.6) is 0 Å². The van der Waals surface area contributed by atoms with E-state index in [1.54, 1.807) is 18.4 Å². The lowest BCUT2D eigenvalue weighted by atomic mass is 10.1. The van der Waals surface area contributed by atoms with Gasteiger partial charge in [0.25, 0.3) is 0 Å². The standard InChI is InChI=1S/C12H22N4S.HI/c1-9-8-15-10(17-9)6-7-14-11(13-5)16-12(2,3)4;/h8H,6-7H2,1-5H3,(H2,13,14,16);1H. The largest absolute Gasteiger partial charge is 0.356 e. The van der Waals surface area contributed by atoms with Crippen LogP contribution >= 0.6 is 35.3 Å². The van der Waals surface area contributed by atoms with Gasteiger partial charge in [0.2, 0.25) is 0 Å². The summed E-state index contributed by atoms with van der Waals surface area (Å²) >= 11 is 1.75. The summed E-state index contributed by atoms with van der Waals surface area (Å²) in [5, 5.41) is 7.78. The Kier molecular flexibility index (Phi) is 7.77. The first-order valence-corrected chi connectivity index (χ1v) is 6.62. The van der Waals surface area contributed by atoms with Crippen LogP contribution in [0.15, 0.2) is 11.2 Å². The van der Waals surface area contributed by atoms with Crippen molar-refractivity contribution in [2.75, 3.05) is 13.6 Å². The molecule has 0 saturated carbocycles. The van der Waals surface area contributed by atoms with Crippen LogP contribution in [0.25, 0.3) is 0 Å². The Morgan fingerprint density at radius 1 is 1.44 bits per heavy atom. The van der Waals surface area contributed by atoms with Gasteiger partial charge < -0.3 is 10.6 Å². The third-order valence-electron chi connectivity index (χ3n) is 2.02. The van der Waals surface area contributed by atoms with Crippen molar-refractivity contribution in [3.63, 3.8) is 0 Å². The van der Waals surface area contributed by atoms with Crippen molar-refractivity contribution in [3.8, 4) is 0 Å². The van der Waals surface area contributed by atoms with E-state index in [1.807, 2.05) is 6.20 Å². The van der Waals surface area contributed by atoms with E-state index in [1.165, 1.54) is 9.88 Å². The molecule has 1 aromatic heterocycles. The average molecular weight is 382 g/mol. The van der Waals surface area contributed by atoms with Gasteiger partial charge in [0, 0.05) is 36.6 Å². The molecule has 0 aromatic carbocycles. The molecule has 4 nitrogen and oxygen atoms in total. The summed E-state index contributed by atoms with van der Waals surface area (Å²) in [5.74, 6) is 0.839. The number of aliphatic imine (C=N–C) groups is 1. The molecule has 1 heterocycles. The van der Waals surface area contributed by atoms with Crippen LogP contribution in [0.1, 0.15) is 30.7 Å². The maximum Gasteiger partial charge on any atom is 0.191 e. The lowest BCUT2D eigenvalue weighted by Gasteiger charge is -2.23. The molecule has 104 valence electrons. The fourth-order valence-corrected chi connectivity index (χ4v) is 2.13. The van der Waals surface area contributed by atoms with E-state index in [4.69, 9.17) is 0 Å². The van der Waals surface area contributed by atoms with Crippen molar-refractivity contribution in [1.29, 1.82) is 0 Å². The summed E-state index contributed by atoms with van der Waals surface area (Å²) in [4.78, 5) is 9.78. The average Bonchev–Trinajstić information content (AvgIpc) is 2.61. The Labute approximate surface area is 131 Å². The molecule has 0 unspecified atom stereocenters. The zero-order valence-corrected chi connectivity index (χ0v) is 14.8. The van der Waals surface area contributed by atoms with Crippen molar-refractivity contribution in [2.45, 2.75) is 39.7 Å². The summed E-state index contributed by atoms with van der Waals surface area (Å²) in [5.41, 5.74) is 0.0274. The Morgan fingerprint density at radius 2 is 2.11 bits per heavy atom. The summed E-state index contributed by atoms with van der Waals surface area (Å²) in [7, 11) is 1.79. The third kappa shape index (κ3) is 7.15. The van der Waals surface area contributed by atoms with Gasteiger partial charge in [-0.3, -0.25) is 4.99 Å². The minimum absolute atomic E-state index is 0. The van der Waals surface area contributed by atoms with Crippen LogP contribution < -0.4 is 10.6 Å². The summed E-state index contributed by atoms with van der Waals surface area (Å²) in [6.07, 6.45) is 2.85. The second-order valence-corrected chi connectivity index (χ2v) is 6.31. The molecule has 0 radical (unpaired) electrons. The lowest BCUT2D eigenvalue weighted by Crippen LogP contribution is -2.48. The Balaban J connectivity index is 0.00000289. The van der Waals surface area contributed by atoms with E-state index >= 15 is 0 Å². The highest BCUT2D eigenvalue weighted by molar-refractivity contribution is 14.0. The molecule has 2 N–H and O–H groups in total. The second-order valence-electron chi connectivity index (χ2n) is 4.99. The van der Waals surface area contributed by atoms with Crippen LogP contribution in [0.3, 0.4) is 0 Å². The molecule has 0 atom stereocenters. The molecule has 0 amide bonds. The molecule has 0 aliphatic rings. The van der Waals surface area contributed by atoms with Crippen molar-refractivity contribution in [3.05, 3.63) is 16.1 Å². The van der Waals surface area contributed by atoms with E-state index in [-0.39, 0.29) is 29.5 Å². The van der Waals surface area contributed by atoms with Crippen molar-refractivity contribution >= 4 is 41.3 Å². The van der Waals surface area contributed by atoms with Crippen LogP contribution in [0.4, 0.5) is 0 Å². The number of nitrogens with one attached hydrogen (secondary N) is 2. The van der Waals surface area contributed by atoms with Crippen LogP contribution in [0, 0.1) is 6.92 Å². The molecule has 0 spiro atoms. The van der Waals surface area contributed by atoms with Gasteiger partial charge in [-0.25, -0.2) is 4.98 Å². The van der Waals surface area contributed by atoms with E-state index in [0.29, 0.717) is 0 Å². The zero-order chi connectivity index (χ0) is 12.9. The fourth-order valence-electron chi connectivity index (χ4n) is 1.34. The van der Waals surface area contributed by atoms with Gasteiger partial charge in [-0.1, -0.05) is 0 Å². The zero-order valence-electron chi connectivity index (χ0n) is 11.7. The monoisotopic (exact) mass is 382 g/mol. The van der Waals surface area contributed by atoms with Gasteiger partial charge >= 0.3 is 0 Å². The summed E-state index contributed by atoms with van der Waals surface area (Å²) in [6, 6.07) is 0. The number of rotatable bonds is 3. The second kappa shape index (κ2) is 7.93. The first-order valence-electron chi connectivity index (χ1n) is 5.81. The van der Waals surface area contributed by atoms with E-state index in [0.717, 1.165) is 18.9 Å². The van der Waals surface area contributed by atoms with Crippen molar-refractivity contribution in [2.24, 2.45) is 4.99 Å². The molecule has 1 rings (SSSR count). The Hall–Kier alpha value is -0.370. The molecule has 0 bridgehead atoms. The molecule has 18 heavy (non-hydrogen) atoms. The number of aromatic nitrogens is 1. The maximum absolute atomic E-state index is 4.33. The van der Waals surface area contributed by atoms with Gasteiger partial charge in [-0.15, -0.1) is 35.3 Å². The first-order chi connectivity index (χ1) is 7.90. The van der Waals surface area contributed by atoms with Gasteiger partial charge in [-0.05, 0) is 27.7 Å². The van der Waals surface area contributed by atoms with Crippen LogP contribution in [0.2, 0.25) is 0 Å². The molecule has 0 aliphatic heterocycles. The minimum Gasteiger partial charge on any atom is -0.356 e. The van der Waals surface area contributed by atoms with Crippen LogP contribution in [-0.2, 0) is 6.42 Å². The highest BCUT2D eigenvalue weighted by Gasteiger charge is 2.11. The van der Waals surface area contributed by atoms with Crippen molar-refractivity contribution in [1.82, 2.24) is 15.6 Å². The predicted molar refractivity (Wildman–Crippen MR) is 90.2 cm³/mol. The van der Waals surface area contributed by atoms with Gasteiger partial charge in [-0.2, -0.15) is 0 Å². The molecule has 6 heteroatoms. The quantitative estimate of drug-likeness (QED) is 0.480. The minimum atomic E-state index is 0. The number of hydrogen-bond acceptors (Lipinski definition) is 3. The SMILES string of the molecule is CN=C(NCCc1ncc(C)s1)NC(C)(C)C.I. The number of aryl methyl sites for hydroxylation is 1. The molecular weight excluding hydrogens is 359 g/mol. The van der Waals surface area contributed by atoms with Gasteiger partial charge in [0.05, 0.1) is 5.01 Å². The topological polar surface area (TPSA) is 49.3 Å². The molecule has 0 saturated heterocycles. The predicted octanol–water partition coefficient (Wildman–Crippen LogP) is 2.58. The van der Waals surface area contributed by atoms with Gasteiger partial charge in [0.1, 0.15) is 0 Å². The maximum atomic E-state index is 4.33. The highest BCUT2D eigenvalue weighted by atomic mass is 127. The third-order valence-corrected chi connectivity index (χ3v) is 2.99. The van der Waals surface area contributed by atoms with Crippen LogP contribution in [-0.4, -0.2) is 30.1 Å². The molecule has 0 aliphatic carbocycles. The smallest absolute Gasteiger partial charge is 0.191 e. The highest BCUT2D eigenvalue weighted by Crippen LogP contribution is 2.10.